The molecule has 37 heavy (non-hydrogen) atoms. The van der Waals surface area contributed by atoms with Gasteiger partial charge in [0.2, 0.25) is 10.0 Å². The van der Waals surface area contributed by atoms with Gasteiger partial charge in [-0.15, -0.1) is 0 Å². The van der Waals surface area contributed by atoms with Gasteiger partial charge < -0.3 is 13.7 Å². The molecule has 5 atom stereocenters. The lowest BCUT2D eigenvalue weighted by molar-refractivity contribution is -0.385. The lowest BCUT2D eigenvalue weighted by Gasteiger charge is -2.64. The first-order chi connectivity index (χ1) is 17.5. The zero-order valence-corrected chi connectivity index (χ0v) is 21.7. The van der Waals surface area contributed by atoms with Crippen LogP contribution in [-0.4, -0.2) is 38.1 Å². The molecule has 2 aromatic carbocycles. The second-order valence-corrected chi connectivity index (χ2v) is 13.0. The number of nitrogens with one attached hydrogen (secondary N) is 1. The number of sulfonamides is 1. The molecule has 3 saturated carbocycles. The summed E-state index contributed by atoms with van der Waals surface area (Å²) in [5, 5.41) is 12.1. The quantitative estimate of drug-likeness (QED) is 0.275. The normalized spacial score (nSPS) is 29.1. The van der Waals surface area contributed by atoms with Gasteiger partial charge in [0, 0.05) is 17.5 Å². The molecule has 0 unspecified atom stereocenters. The summed E-state index contributed by atoms with van der Waals surface area (Å²) in [6, 6.07) is 12.6. The van der Waals surface area contributed by atoms with Gasteiger partial charge in [-0.3, -0.25) is 10.1 Å². The lowest BCUT2D eigenvalue weighted by Crippen LogP contribution is -2.65. The summed E-state index contributed by atoms with van der Waals surface area (Å²) in [4.78, 5) is 10.5. The first-order valence-corrected chi connectivity index (χ1v) is 14.0. The van der Waals surface area contributed by atoms with Gasteiger partial charge in [-0.05, 0) is 61.1 Å². The Kier molecular flexibility index (Phi) is 5.58. The van der Waals surface area contributed by atoms with E-state index in [4.69, 9.17) is 13.7 Å². The number of rotatable bonds is 7. The van der Waals surface area contributed by atoms with Crippen LogP contribution in [0.3, 0.4) is 0 Å². The maximum Gasteiger partial charge on any atom is 0.477 e. The average molecular weight is 524 g/mol. The third-order valence-electron chi connectivity index (χ3n) is 8.94. The van der Waals surface area contributed by atoms with Crippen molar-refractivity contribution in [2.75, 3.05) is 0 Å². The number of para-hydroxylation sites is 1. The number of hydrogen-bond donors (Lipinski definition) is 1. The number of nitrogens with zero attached hydrogens (tertiary/aromatic N) is 1. The van der Waals surface area contributed by atoms with Crippen LogP contribution in [0.25, 0.3) is 11.0 Å². The average Bonchev–Trinajstić information content (AvgIpc) is 3.44. The summed E-state index contributed by atoms with van der Waals surface area (Å²) in [5.41, 5.74) is 0.848. The van der Waals surface area contributed by atoms with Gasteiger partial charge in [0.1, 0.15) is 5.58 Å². The second-order valence-electron chi connectivity index (χ2n) is 11.3. The zero-order chi connectivity index (χ0) is 26.2. The minimum atomic E-state index is -4.13. The smallest absolute Gasteiger partial charge is 0.464 e. The third-order valence-corrected chi connectivity index (χ3v) is 10.4. The van der Waals surface area contributed by atoms with Crippen molar-refractivity contribution in [3.63, 3.8) is 0 Å². The van der Waals surface area contributed by atoms with E-state index in [9.17, 15) is 18.5 Å². The fourth-order valence-electron chi connectivity index (χ4n) is 6.72. The molecule has 2 heterocycles. The minimum Gasteiger partial charge on any atom is -0.464 e. The van der Waals surface area contributed by atoms with E-state index in [0.29, 0.717) is 17.4 Å². The fourth-order valence-corrected chi connectivity index (χ4v) is 7.99. The zero-order valence-electron chi connectivity index (χ0n) is 20.9. The summed E-state index contributed by atoms with van der Waals surface area (Å²) >= 11 is 0. The van der Waals surface area contributed by atoms with E-state index < -0.39 is 33.6 Å². The molecule has 1 saturated heterocycles. The predicted octanol–water partition coefficient (Wildman–Crippen LogP) is 4.50. The summed E-state index contributed by atoms with van der Waals surface area (Å²) in [5.74, 6) is 0.0845. The molecule has 3 aromatic rings. The highest BCUT2D eigenvalue weighted by Gasteiger charge is 2.68. The van der Waals surface area contributed by atoms with E-state index in [1.807, 2.05) is 24.3 Å². The summed E-state index contributed by atoms with van der Waals surface area (Å²) < 4.78 is 48.5. The van der Waals surface area contributed by atoms with Crippen molar-refractivity contribution in [1.82, 2.24) is 4.72 Å². The van der Waals surface area contributed by atoms with Crippen molar-refractivity contribution in [1.29, 1.82) is 0 Å². The molecule has 4 aliphatic rings. The molecule has 0 amide bonds. The highest BCUT2D eigenvalue weighted by atomic mass is 32.2. The number of fused-ring (bicyclic) bond motifs is 1. The van der Waals surface area contributed by atoms with Gasteiger partial charge in [0.05, 0.1) is 33.7 Å². The van der Waals surface area contributed by atoms with Crippen LogP contribution in [0.4, 0.5) is 5.69 Å². The van der Waals surface area contributed by atoms with Crippen molar-refractivity contribution in [3.8, 4) is 0 Å². The number of furan rings is 1. The first kappa shape index (κ1) is 24.6. The maximum absolute atomic E-state index is 13.5. The molecule has 4 fully saturated rings. The maximum atomic E-state index is 13.5. The molecule has 1 aliphatic heterocycles. The Bertz CT molecular complexity index is 1490. The second kappa shape index (κ2) is 8.39. The Hall–Kier alpha value is -2.73. The third kappa shape index (κ3) is 3.91. The number of non-ortho nitro benzene ring substituents is 1. The monoisotopic (exact) mass is 524 g/mol. The first-order valence-electron chi connectivity index (χ1n) is 12.5. The van der Waals surface area contributed by atoms with Crippen molar-refractivity contribution >= 4 is 33.8 Å². The molecule has 1 aromatic heterocycles. The van der Waals surface area contributed by atoms with Crippen LogP contribution in [0.2, 0.25) is 0 Å². The van der Waals surface area contributed by atoms with E-state index in [0.717, 1.165) is 29.9 Å². The van der Waals surface area contributed by atoms with Crippen LogP contribution >= 0.6 is 0 Å². The minimum absolute atomic E-state index is 0.125. The Labute approximate surface area is 215 Å². The molecule has 1 N–H and O–H groups in total. The van der Waals surface area contributed by atoms with E-state index in [1.54, 1.807) is 6.26 Å². The summed E-state index contributed by atoms with van der Waals surface area (Å²) in [6.07, 6.45) is 3.71. The van der Waals surface area contributed by atoms with Gasteiger partial charge in [-0.25, -0.2) is 13.1 Å². The van der Waals surface area contributed by atoms with E-state index in [2.05, 4.69) is 25.5 Å². The van der Waals surface area contributed by atoms with Crippen molar-refractivity contribution in [3.05, 3.63) is 70.5 Å². The molecular weight excluding hydrogens is 495 g/mol. The molecular formula is C26H29BN2O7S. The van der Waals surface area contributed by atoms with Gasteiger partial charge in [-0.1, -0.05) is 38.1 Å². The van der Waals surface area contributed by atoms with Crippen molar-refractivity contribution in [2.45, 2.75) is 62.6 Å². The van der Waals surface area contributed by atoms with Crippen LogP contribution < -0.4 is 4.72 Å². The van der Waals surface area contributed by atoms with Crippen molar-refractivity contribution in [2.24, 2.45) is 17.3 Å². The largest absolute Gasteiger partial charge is 0.477 e. The van der Waals surface area contributed by atoms with Gasteiger partial charge >= 0.3 is 7.12 Å². The van der Waals surface area contributed by atoms with Crippen LogP contribution in [0.5, 0.6) is 0 Å². The number of benzene rings is 2. The lowest BCUT2D eigenvalue weighted by atomic mass is 9.43. The Morgan fingerprint density at radius 1 is 1.16 bits per heavy atom. The van der Waals surface area contributed by atoms with E-state index in [1.165, 1.54) is 18.2 Å². The van der Waals surface area contributed by atoms with E-state index in [-0.39, 0.29) is 28.5 Å². The topological polar surface area (TPSA) is 121 Å². The number of hydrogen-bond acceptors (Lipinski definition) is 7. The summed E-state index contributed by atoms with van der Waals surface area (Å²) in [7, 11) is -4.96. The van der Waals surface area contributed by atoms with Crippen LogP contribution in [0, 0.1) is 27.4 Å². The SMILES string of the molecule is CC1(C)[C@@H]2C[C@H]3OB([C@H](Cc4coc5ccccc45)NS(=O)(=O)c4cccc([N+](=O)[O-])c4)O[C@@]3(C)[C@H]1C2. The van der Waals surface area contributed by atoms with Crippen molar-refractivity contribution < 1.29 is 27.1 Å². The Morgan fingerprint density at radius 3 is 2.70 bits per heavy atom. The van der Waals surface area contributed by atoms with Gasteiger partial charge in [0.15, 0.2) is 0 Å². The highest BCUT2D eigenvalue weighted by Crippen LogP contribution is 2.65. The van der Waals surface area contributed by atoms with Gasteiger partial charge in [0.25, 0.3) is 5.69 Å². The van der Waals surface area contributed by atoms with Gasteiger partial charge in [-0.2, -0.15) is 0 Å². The van der Waals surface area contributed by atoms with E-state index >= 15 is 0 Å². The van der Waals surface area contributed by atoms with Crippen LogP contribution in [-0.2, 0) is 25.8 Å². The Balaban J connectivity index is 1.34. The molecule has 11 heteroatoms. The molecule has 0 radical (unpaired) electrons. The molecule has 0 spiro atoms. The number of nitro groups is 1. The molecule has 9 nitrogen and oxygen atoms in total. The highest BCUT2D eigenvalue weighted by molar-refractivity contribution is 7.89. The fraction of sp³-hybridized carbons (Fsp3) is 0.462. The summed E-state index contributed by atoms with van der Waals surface area (Å²) in [6.45, 7) is 6.62. The standard InChI is InChI=1S/C26H29BN2O7S/c1-25(2)17-12-22(25)26(3)23(13-17)35-27(36-26)24(11-16-15-34-21-10-5-4-9-20(16)21)28-37(32,33)19-8-6-7-18(14-19)29(30)31/h4-10,14-15,17,22-24,28H,11-13H2,1-3H3/t17-,22-,23+,24-,26-/m0/s1. The molecule has 3 aliphatic carbocycles. The van der Waals surface area contributed by atoms with Crippen LogP contribution in [0.1, 0.15) is 39.2 Å². The molecule has 194 valence electrons. The Morgan fingerprint density at radius 2 is 1.95 bits per heavy atom. The molecule has 7 rings (SSSR count). The number of nitro benzene ring substituents is 1. The molecule has 2 bridgehead atoms. The predicted molar refractivity (Wildman–Crippen MR) is 137 cm³/mol. The van der Waals surface area contributed by atoms with Crippen LogP contribution in [0.15, 0.2) is 64.1 Å².